The molecule has 1 atom stereocenters. The molecular formula is C11H18N2OS. The first-order valence-corrected chi connectivity index (χ1v) is 6.52. The van der Waals surface area contributed by atoms with E-state index in [1.54, 1.807) is 11.3 Å². The first-order valence-electron chi connectivity index (χ1n) is 5.64. The number of nitrogens with zero attached hydrogens (tertiary/aromatic N) is 1. The van der Waals surface area contributed by atoms with Crippen LogP contribution in [0.5, 0.6) is 0 Å². The summed E-state index contributed by atoms with van der Waals surface area (Å²) in [4.78, 5) is 4.18. The van der Waals surface area contributed by atoms with Crippen molar-refractivity contribution in [3.05, 3.63) is 16.6 Å². The Morgan fingerprint density at radius 1 is 1.53 bits per heavy atom. The smallest absolute Gasteiger partial charge is 0.118 e. The van der Waals surface area contributed by atoms with Gasteiger partial charge >= 0.3 is 0 Å². The molecule has 1 N–H and O–H groups in total. The molecule has 1 aliphatic rings. The van der Waals surface area contributed by atoms with Crippen LogP contribution >= 0.6 is 11.3 Å². The molecule has 1 saturated heterocycles. The zero-order valence-corrected chi connectivity index (χ0v) is 9.76. The average molecular weight is 226 g/mol. The highest BCUT2D eigenvalue weighted by atomic mass is 32.1. The van der Waals surface area contributed by atoms with Crippen LogP contribution in [0.3, 0.4) is 0 Å². The van der Waals surface area contributed by atoms with Crippen molar-refractivity contribution in [2.24, 2.45) is 0 Å². The lowest BCUT2D eigenvalue weighted by molar-refractivity contribution is 0.108. The number of hydrogen-bond acceptors (Lipinski definition) is 4. The van der Waals surface area contributed by atoms with Crippen LogP contribution in [-0.2, 0) is 11.3 Å². The van der Waals surface area contributed by atoms with E-state index in [0.717, 1.165) is 18.0 Å². The molecule has 1 unspecified atom stereocenters. The van der Waals surface area contributed by atoms with E-state index in [4.69, 9.17) is 4.74 Å². The third-order valence-corrected chi connectivity index (χ3v) is 3.49. The van der Waals surface area contributed by atoms with Gasteiger partial charge in [-0.25, -0.2) is 4.98 Å². The highest BCUT2D eigenvalue weighted by Gasteiger charge is 2.11. The molecule has 0 saturated carbocycles. The number of ether oxygens (including phenoxy) is 1. The van der Waals surface area contributed by atoms with E-state index >= 15 is 0 Å². The van der Waals surface area contributed by atoms with Gasteiger partial charge in [-0.15, -0.1) is 11.3 Å². The summed E-state index contributed by atoms with van der Waals surface area (Å²) in [6.07, 6.45) is 6.96. The Kier molecular flexibility index (Phi) is 4.57. The Balaban J connectivity index is 1.54. The molecular weight excluding hydrogens is 208 g/mol. The standard InChI is InChI=1S/C11H18N2OS/c1-2-5-12-10(3-1)4-7-14-9-11-13-6-8-15-11/h6,8,10,12H,1-5,7,9H2. The third kappa shape index (κ3) is 3.89. The van der Waals surface area contributed by atoms with Crippen molar-refractivity contribution in [3.63, 3.8) is 0 Å². The zero-order chi connectivity index (χ0) is 10.3. The number of nitrogens with one attached hydrogen (secondary N) is 1. The normalized spacial score (nSPS) is 21.7. The van der Waals surface area contributed by atoms with Crippen LogP contribution < -0.4 is 5.32 Å². The number of piperidine rings is 1. The van der Waals surface area contributed by atoms with E-state index in [1.165, 1.54) is 25.8 Å². The average Bonchev–Trinajstić information content (AvgIpc) is 2.79. The van der Waals surface area contributed by atoms with Crippen LogP contribution in [0.15, 0.2) is 11.6 Å². The van der Waals surface area contributed by atoms with Crippen LogP contribution in [0.1, 0.15) is 30.7 Å². The van der Waals surface area contributed by atoms with Gasteiger partial charge in [-0.05, 0) is 25.8 Å². The molecule has 0 amide bonds. The minimum absolute atomic E-state index is 0.671. The molecule has 2 heterocycles. The van der Waals surface area contributed by atoms with Crippen LogP contribution in [0.2, 0.25) is 0 Å². The predicted molar refractivity (Wildman–Crippen MR) is 62.0 cm³/mol. The van der Waals surface area contributed by atoms with Crippen molar-refractivity contribution in [1.29, 1.82) is 0 Å². The number of hydrogen-bond donors (Lipinski definition) is 1. The van der Waals surface area contributed by atoms with Gasteiger partial charge in [0.05, 0.1) is 6.61 Å². The summed E-state index contributed by atoms with van der Waals surface area (Å²) in [7, 11) is 0. The van der Waals surface area contributed by atoms with Gasteiger partial charge in [0.1, 0.15) is 5.01 Å². The van der Waals surface area contributed by atoms with Crippen molar-refractivity contribution < 1.29 is 4.74 Å². The molecule has 3 nitrogen and oxygen atoms in total. The minimum atomic E-state index is 0.671. The Morgan fingerprint density at radius 3 is 3.27 bits per heavy atom. The SMILES string of the molecule is c1csc(COCCC2CCCCN2)n1. The largest absolute Gasteiger partial charge is 0.374 e. The summed E-state index contributed by atoms with van der Waals surface area (Å²) in [5, 5.41) is 6.58. The van der Waals surface area contributed by atoms with Gasteiger partial charge in [0.2, 0.25) is 0 Å². The molecule has 1 aliphatic heterocycles. The highest BCUT2D eigenvalue weighted by Crippen LogP contribution is 2.11. The summed E-state index contributed by atoms with van der Waals surface area (Å²) >= 11 is 1.66. The third-order valence-electron chi connectivity index (χ3n) is 2.73. The lowest BCUT2D eigenvalue weighted by Crippen LogP contribution is -2.34. The summed E-state index contributed by atoms with van der Waals surface area (Å²) in [5.74, 6) is 0. The van der Waals surface area contributed by atoms with E-state index in [0.29, 0.717) is 12.6 Å². The predicted octanol–water partition coefficient (Wildman–Crippen LogP) is 2.19. The first kappa shape index (κ1) is 11.0. The van der Waals surface area contributed by atoms with Crippen LogP contribution in [0.4, 0.5) is 0 Å². The molecule has 0 radical (unpaired) electrons. The van der Waals surface area contributed by atoms with E-state index in [1.807, 2.05) is 11.6 Å². The van der Waals surface area contributed by atoms with Gasteiger partial charge in [0.25, 0.3) is 0 Å². The fourth-order valence-corrected chi connectivity index (χ4v) is 2.43. The second-order valence-corrected chi connectivity index (χ2v) is 4.89. The van der Waals surface area contributed by atoms with Crippen molar-refractivity contribution in [1.82, 2.24) is 10.3 Å². The number of rotatable bonds is 5. The Morgan fingerprint density at radius 2 is 2.53 bits per heavy atom. The molecule has 0 spiro atoms. The Bertz CT molecular complexity index is 258. The fourth-order valence-electron chi connectivity index (χ4n) is 1.88. The van der Waals surface area contributed by atoms with E-state index in [9.17, 15) is 0 Å². The fraction of sp³-hybridized carbons (Fsp3) is 0.727. The molecule has 1 aromatic rings. The molecule has 1 aromatic heterocycles. The van der Waals surface area contributed by atoms with Gasteiger partial charge in [-0.3, -0.25) is 0 Å². The van der Waals surface area contributed by atoms with E-state index in [2.05, 4.69) is 10.3 Å². The molecule has 1 fully saturated rings. The second kappa shape index (κ2) is 6.20. The quantitative estimate of drug-likeness (QED) is 0.782. The van der Waals surface area contributed by atoms with Crippen molar-refractivity contribution in [2.45, 2.75) is 38.3 Å². The zero-order valence-electron chi connectivity index (χ0n) is 8.95. The van der Waals surface area contributed by atoms with Crippen LogP contribution in [0.25, 0.3) is 0 Å². The molecule has 0 aromatic carbocycles. The van der Waals surface area contributed by atoms with Crippen molar-refractivity contribution >= 4 is 11.3 Å². The Hall–Kier alpha value is -0.450. The molecule has 4 heteroatoms. The van der Waals surface area contributed by atoms with Gasteiger partial charge in [-0.1, -0.05) is 6.42 Å². The monoisotopic (exact) mass is 226 g/mol. The van der Waals surface area contributed by atoms with Crippen molar-refractivity contribution in [3.8, 4) is 0 Å². The van der Waals surface area contributed by atoms with Crippen LogP contribution in [0, 0.1) is 0 Å². The lowest BCUT2D eigenvalue weighted by atomic mass is 10.0. The van der Waals surface area contributed by atoms with Gasteiger partial charge in [0, 0.05) is 24.2 Å². The van der Waals surface area contributed by atoms with E-state index in [-0.39, 0.29) is 0 Å². The second-order valence-electron chi connectivity index (χ2n) is 3.91. The molecule has 2 rings (SSSR count). The lowest BCUT2D eigenvalue weighted by Gasteiger charge is -2.23. The molecule has 0 aliphatic carbocycles. The van der Waals surface area contributed by atoms with E-state index < -0.39 is 0 Å². The number of aromatic nitrogens is 1. The minimum Gasteiger partial charge on any atom is -0.374 e. The van der Waals surface area contributed by atoms with Gasteiger partial charge in [-0.2, -0.15) is 0 Å². The molecule has 0 bridgehead atoms. The van der Waals surface area contributed by atoms with Gasteiger partial charge < -0.3 is 10.1 Å². The van der Waals surface area contributed by atoms with Crippen LogP contribution in [-0.4, -0.2) is 24.2 Å². The molecule has 84 valence electrons. The summed E-state index contributed by atoms with van der Waals surface area (Å²) in [5.41, 5.74) is 0. The topological polar surface area (TPSA) is 34.1 Å². The van der Waals surface area contributed by atoms with Gasteiger partial charge in [0.15, 0.2) is 0 Å². The first-order chi connectivity index (χ1) is 7.45. The summed E-state index contributed by atoms with van der Waals surface area (Å²) < 4.78 is 5.59. The molecule has 15 heavy (non-hydrogen) atoms. The maximum Gasteiger partial charge on any atom is 0.118 e. The highest BCUT2D eigenvalue weighted by molar-refractivity contribution is 7.09. The maximum atomic E-state index is 5.59. The maximum absolute atomic E-state index is 5.59. The van der Waals surface area contributed by atoms with Crippen molar-refractivity contribution in [2.75, 3.05) is 13.2 Å². The Labute approximate surface area is 94.9 Å². The summed E-state index contributed by atoms with van der Waals surface area (Å²) in [6.45, 7) is 2.69. The number of thiazole rings is 1. The summed E-state index contributed by atoms with van der Waals surface area (Å²) in [6, 6.07) is 0.676.